The first kappa shape index (κ1) is 15.3. The molecule has 21 heavy (non-hydrogen) atoms. The summed E-state index contributed by atoms with van der Waals surface area (Å²) >= 11 is 0. The average molecular weight is 303 g/mol. The Hall–Kier alpha value is -2.07. The smallest absolute Gasteiger partial charge is 0.434 e. The van der Waals surface area contributed by atoms with Gasteiger partial charge in [-0.1, -0.05) is 60.7 Å². The van der Waals surface area contributed by atoms with Crippen molar-refractivity contribution in [2.24, 2.45) is 4.99 Å². The van der Waals surface area contributed by atoms with Crippen LogP contribution in [0, 0.1) is 0 Å². The zero-order chi connectivity index (χ0) is 15.1. The molecule has 0 spiro atoms. The quantitative estimate of drug-likeness (QED) is 0.672. The monoisotopic (exact) mass is 303 g/mol. The van der Waals surface area contributed by atoms with Crippen LogP contribution in [0.3, 0.4) is 0 Å². The molecule has 2 N–H and O–H groups in total. The summed E-state index contributed by atoms with van der Waals surface area (Å²) in [4.78, 5) is 34.1. The zero-order valence-corrected chi connectivity index (χ0v) is 12.0. The van der Waals surface area contributed by atoms with Crippen LogP contribution in [0.25, 0.3) is 0 Å². The third-order valence-corrected chi connectivity index (χ3v) is 3.36. The molecule has 0 radical (unpaired) electrons. The van der Waals surface area contributed by atoms with Gasteiger partial charge >= 0.3 is 6.09 Å². The summed E-state index contributed by atoms with van der Waals surface area (Å²) in [5, 5.41) is 0. The molecule has 6 heteroatoms. The van der Waals surface area contributed by atoms with Crippen LogP contribution in [-0.2, 0) is 11.3 Å². The molecule has 0 unspecified atom stereocenters. The Kier molecular flexibility index (Phi) is 5.58. The molecule has 0 fully saturated rings. The van der Waals surface area contributed by atoms with E-state index in [4.69, 9.17) is 4.74 Å². The highest BCUT2D eigenvalue weighted by atomic mass is 31.2. The van der Waals surface area contributed by atoms with Gasteiger partial charge in [0, 0.05) is 5.56 Å². The van der Waals surface area contributed by atoms with Crippen molar-refractivity contribution in [1.82, 2.24) is 0 Å². The molecule has 0 aliphatic heterocycles. The van der Waals surface area contributed by atoms with Gasteiger partial charge in [-0.15, -0.1) is 0 Å². The molecule has 0 bridgehead atoms. The Morgan fingerprint density at radius 1 is 1.00 bits per heavy atom. The summed E-state index contributed by atoms with van der Waals surface area (Å²) in [6.07, 6.45) is -0.853. The van der Waals surface area contributed by atoms with Crippen molar-refractivity contribution in [1.29, 1.82) is 0 Å². The summed E-state index contributed by atoms with van der Waals surface area (Å²) in [6.45, 7) is 0.0834. The van der Waals surface area contributed by atoms with E-state index in [1.807, 2.05) is 30.3 Å². The van der Waals surface area contributed by atoms with Crippen molar-refractivity contribution in [2.75, 3.05) is 0 Å². The fourth-order valence-electron chi connectivity index (χ4n) is 1.65. The Balaban J connectivity index is 2.06. The molecule has 108 valence electrons. The predicted molar refractivity (Wildman–Crippen MR) is 81.0 cm³/mol. The van der Waals surface area contributed by atoms with E-state index in [0.29, 0.717) is 5.56 Å². The maximum atomic E-state index is 11.7. The average Bonchev–Trinajstić information content (AvgIpc) is 2.52. The summed E-state index contributed by atoms with van der Waals surface area (Å²) in [5.74, 6) is 0. The SMILES string of the molecule is O=C(N=C(c1ccccc1)P(O)O)OCc1ccccc1. The maximum absolute atomic E-state index is 11.7. The highest BCUT2D eigenvalue weighted by Crippen LogP contribution is 2.30. The molecular formula is C15H14NO4P. The van der Waals surface area contributed by atoms with E-state index in [1.165, 1.54) is 0 Å². The van der Waals surface area contributed by atoms with Crippen molar-refractivity contribution >= 4 is 19.9 Å². The van der Waals surface area contributed by atoms with Crippen LogP contribution < -0.4 is 0 Å². The number of benzene rings is 2. The fourth-order valence-corrected chi connectivity index (χ4v) is 2.20. The van der Waals surface area contributed by atoms with Gasteiger partial charge in [-0.2, -0.15) is 4.99 Å². The second-order valence-corrected chi connectivity index (χ2v) is 5.13. The largest absolute Gasteiger partial charge is 0.443 e. The van der Waals surface area contributed by atoms with Gasteiger partial charge in [0.25, 0.3) is 0 Å². The molecule has 0 saturated carbocycles. The summed E-state index contributed by atoms with van der Waals surface area (Å²) in [7, 11) is -2.49. The Morgan fingerprint density at radius 2 is 1.57 bits per heavy atom. The second-order valence-electron chi connectivity index (χ2n) is 4.13. The first-order chi connectivity index (χ1) is 10.2. The van der Waals surface area contributed by atoms with E-state index in [2.05, 4.69) is 4.99 Å². The van der Waals surface area contributed by atoms with Gasteiger partial charge in [0.2, 0.25) is 8.38 Å². The first-order valence-corrected chi connectivity index (χ1v) is 7.44. The first-order valence-electron chi connectivity index (χ1n) is 6.19. The van der Waals surface area contributed by atoms with Gasteiger partial charge in [-0.25, -0.2) is 4.79 Å². The van der Waals surface area contributed by atoms with E-state index in [-0.39, 0.29) is 12.1 Å². The number of aliphatic imine (C=N–C) groups is 1. The van der Waals surface area contributed by atoms with Crippen molar-refractivity contribution in [3.05, 3.63) is 71.8 Å². The van der Waals surface area contributed by atoms with Crippen LogP contribution in [0.15, 0.2) is 65.7 Å². The van der Waals surface area contributed by atoms with E-state index in [1.54, 1.807) is 30.3 Å². The topological polar surface area (TPSA) is 79.1 Å². The second kappa shape index (κ2) is 7.64. The molecular weight excluding hydrogens is 289 g/mol. The van der Waals surface area contributed by atoms with Gasteiger partial charge in [-0.3, -0.25) is 0 Å². The molecule has 0 aliphatic carbocycles. The molecule has 0 aromatic heterocycles. The van der Waals surface area contributed by atoms with Gasteiger partial charge in [0.05, 0.1) is 0 Å². The lowest BCUT2D eigenvalue weighted by atomic mass is 10.2. The number of hydrogen-bond donors (Lipinski definition) is 2. The number of carbonyl (C=O) groups excluding carboxylic acids is 1. The minimum Gasteiger partial charge on any atom is -0.443 e. The molecule has 0 atom stereocenters. The molecule has 0 aliphatic rings. The standard InChI is InChI=1S/C15H14NO4P/c17-15(20-11-12-7-3-1-4-8-12)16-14(21(18)19)13-9-5-2-6-10-13/h1-10,18-19H,11H2. The van der Waals surface area contributed by atoms with Gasteiger partial charge in [0.1, 0.15) is 12.1 Å². The van der Waals surface area contributed by atoms with Crippen LogP contribution in [0.5, 0.6) is 0 Å². The van der Waals surface area contributed by atoms with E-state index >= 15 is 0 Å². The van der Waals surface area contributed by atoms with E-state index in [0.717, 1.165) is 5.56 Å². The Morgan fingerprint density at radius 3 is 2.14 bits per heavy atom. The maximum Gasteiger partial charge on any atom is 0.434 e. The summed E-state index contributed by atoms with van der Waals surface area (Å²) < 4.78 is 4.99. The van der Waals surface area contributed by atoms with E-state index in [9.17, 15) is 14.6 Å². The third kappa shape index (κ3) is 4.76. The minimum atomic E-state index is -2.49. The van der Waals surface area contributed by atoms with Crippen molar-refractivity contribution in [3.8, 4) is 0 Å². The summed E-state index contributed by atoms with van der Waals surface area (Å²) in [6, 6.07) is 17.7. The Bertz CT molecular complexity index is 614. The minimum absolute atomic E-state index is 0.0799. The van der Waals surface area contributed by atoms with Crippen molar-refractivity contribution in [2.45, 2.75) is 6.61 Å². The highest BCUT2D eigenvalue weighted by molar-refractivity contribution is 7.65. The molecule has 2 aromatic rings. The van der Waals surface area contributed by atoms with Crippen LogP contribution in [0.1, 0.15) is 11.1 Å². The predicted octanol–water partition coefficient (Wildman–Crippen LogP) is 3.07. The van der Waals surface area contributed by atoms with Crippen LogP contribution >= 0.6 is 8.38 Å². The van der Waals surface area contributed by atoms with E-state index < -0.39 is 14.5 Å². The number of amides is 1. The van der Waals surface area contributed by atoms with Crippen molar-refractivity contribution < 1.29 is 19.3 Å². The molecule has 5 nitrogen and oxygen atoms in total. The molecule has 1 amide bonds. The van der Waals surface area contributed by atoms with Crippen LogP contribution in [0.2, 0.25) is 0 Å². The van der Waals surface area contributed by atoms with Crippen molar-refractivity contribution in [3.63, 3.8) is 0 Å². The number of rotatable bonds is 4. The third-order valence-electron chi connectivity index (χ3n) is 2.62. The molecule has 2 aromatic carbocycles. The van der Waals surface area contributed by atoms with Crippen LogP contribution in [-0.4, -0.2) is 21.3 Å². The lowest BCUT2D eigenvalue weighted by molar-refractivity contribution is 0.151. The lowest BCUT2D eigenvalue weighted by Crippen LogP contribution is -2.06. The lowest BCUT2D eigenvalue weighted by Gasteiger charge is -2.07. The summed E-state index contributed by atoms with van der Waals surface area (Å²) in [5.41, 5.74) is 1.23. The van der Waals surface area contributed by atoms with Crippen LogP contribution in [0.4, 0.5) is 4.79 Å². The molecule has 0 saturated heterocycles. The van der Waals surface area contributed by atoms with Gasteiger partial charge < -0.3 is 14.5 Å². The normalized spacial score (nSPS) is 11.5. The number of carbonyl (C=O) groups is 1. The van der Waals surface area contributed by atoms with Gasteiger partial charge in [0.15, 0.2) is 0 Å². The zero-order valence-electron chi connectivity index (χ0n) is 11.1. The molecule has 2 rings (SSSR count). The van der Waals surface area contributed by atoms with Gasteiger partial charge in [-0.05, 0) is 5.56 Å². The Labute approximate surface area is 123 Å². The highest BCUT2D eigenvalue weighted by Gasteiger charge is 2.15. The number of ether oxygens (including phenoxy) is 1. The molecule has 0 heterocycles. The fraction of sp³-hybridized carbons (Fsp3) is 0.0667. The number of nitrogens with zero attached hydrogens (tertiary/aromatic N) is 1. The number of hydrogen-bond acceptors (Lipinski definition) is 4.